The summed E-state index contributed by atoms with van der Waals surface area (Å²) in [4.78, 5) is 13.1. The Morgan fingerprint density at radius 3 is 2.77 bits per heavy atom. The number of carbonyl (C=O) groups excluding carboxylic acids is 1. The van der Waals surface area contributed by atoms with E-state index in [0.717, 1.165) is 21.7 Å². The van der Waals surface area contributed by atoms with Gasteiger partial charge in [-0.15, -0.1) is 0 Å². The molecule has 0 fully saturated rings. The third kappa shape index (κ3) is 2.24. The van der Waals surface area contributed by atoms with Crippen molar-refractivity contribution < 1.29 is 9.18 Å². The highest BCUT2D eigenvalue weighted by Gasteiger charge is 2.31. The molecular weight excluding hydrogens is 319 g/mol. The summed E-state index contributed by atoms with van der Waals surface area (Å²) in [6.07, 6.45) is 0.439. The van der Waals surface area contributed by atoms with Gasteiger partial charge in [0.05, 0.1) is 10.6 Å². The Labute approximate surface area is 134 Å². The highest BCUT2D eigenvalue weighted by Crippen LogP contribution is 2.44. The van der Waals surface area contributed by atoms with E-state index in [9.17, 15) is 9.18 Å². The summed E-state index contributed by atoms with van der Waals surface area (Å²) in [5.41, 5.74) is 3.44. The van der Waals surface area contributed by atoms with Crippen molar-refractivity contribution in [3.63, 3.8) is 0 Å². The number of amides is 1. The van der Waals surface area contributed by atoms with E-state index in [-0.39, 0.29) is 17.6 Å². The van der Waals surface area contributed by atoms with Gasteiger partial charge in [-0.25, -0.2) is 4.39 Å². The van der Waals surface area contributed by atoms with Crippen molar-refractivity contribution in [3.05, 3.63) is 57.3 Å². The van der Waals surface area contributed by atoms with Crippen LogP contribution in [-0.4, -0.2) is 10.3 Å². The van der Waals surface area contributed by atoms with Gasteiger partial charge in [-0.05, 0) is 58.2 Å². The minimum atomic E-state index is -0.284. The molecule has 1 amide bonds. The van der Waals surface area contributed by atoms with Crippen LogP contribution in [-0.2, 0) is 4.79 Å². The molecule has 1 aromatic carbocycles. The Hall–Kier alpha value is -2.05. The zero-order valence-corrected chi connectivity index (χ0v) is 13.0. The molecule has 0 bridgehead atoms. The molecule has 1 N–H and O–H groups in total. The van der Waals surface area contributed by atoms with E-state index >= 15 is 0 Å². The van der Waals surface area contributed by atoms with Crippen LogP contribution in [0.15, 0.2) is 41.1 Å². The van der Waals surface area contributed by atoms with E-state index in [0.29, 0.717) is 12.1 Å². The Balaban J connectivity index is 1.82. The predicted molar refractivity (Wildman–Crippen MR) is 86.9 cm³/mol. The Morgan fingerprint density at radius 1 is 1.23 bits per heavy atom. The van der Waals surface area contributed by atoms with Gasteiger partial charge < -0.3 is 5.32 Å². The molecule has 0 saturated heterocycles. The molecule has 1 atom stereocenters. The average molecular weight is 330 g/mol. The monoisotopic (exact) mass is 330 g/mol. The maximum Gasteiger partial charge on any atom is 0.225 e. The van der Waals surface area contributed by atoms with Crippen LogP contribution in [0.5, 0.6) is 0 Å². The number of hydrogen-bond donors (Lipinski definition) is 1. The summed E-state index contributed by atoms with van der Waals surface area (Å²) in [6.45, 7) is 0. The lowest BCUT2D eigenvalue weighted by Crippen LogP contribution is -2.22. The molecule has 3 heterocycles. The molecule has 0 radical (unpaired) electrons. The van der Waals surface area contributed by atoms with Crippen molar-refractivity contribution in [2.24, 2.45) is 0 Å². The molecule has 0 spiro atoms. The lowest BCUT2D eigenvalue weighted by Gasteiger charge is -2.21. The van der Waals surface area contributed by atoms with Gasteiger partial charge in [0, 0.05) is 17.9 Å². The lowest BCUT2D eigenvalue weighted by atomic mass is 9.91. The number of anilines is 1. The normalized spacial score (nSPS) is 17.1. The van der Waals surface area contributed by atoms with Crippen molar-refractivity contribution in [3.8, 4) is 11.3 Å². The fourth-order valence-electron chi connectivity index (χ4n) is 2.68. The van der Waals surface area contributed by atoms with Crippen LogP contribution in [0.3, 0.4) is 0 Å². The number of rotatable bonds is 2. The molecule has 22 heavy (non-hydrogen) atoms. The molecule has 3 aromatic rings. The first-order valence-electron chi connectivity index (χ1n) is 6.80. The predicted octanol–water partition coefficient (Wildman–Crippen LogP) is 4.48. The van der Waals surface area contributed by atoms with Crippen LogP contribution < -0.4 is 5.32 Å². The average Bonchev–Trinajstić information content (AvgIpc) is 3.16. The number of thiophene rings is 1. The summed E-state index contributed by atoms with van der Waals surface area (Å²) in [7, 11) is 0. The minimum absolute atomic E-state index is 0.00717. The van der Waals surface area contributed by atoms with Gasteiger partial charge in [0.2, 0.25) is 5.91 Å². The molecule has 3 nitrogen and oxygen atoms in total. The van der Waals surface area contributed by atoms with Gasteiger partial charge >= 0.3 is 0 Å². The zero-order chi connectivity index (χ0) is 15.1. The molecule has 1 unspecified atom stereocenters. The van der Waals surface area contributed by atoms with Crippen LogP contribution in [0.1, 0.15) is 22.8 Å². The standard InChI is InChI=1S/C16H11FN2OS2/c17-11-3-1-9(2-4-11)14-15-16(22-19-14)12(7-13(20)18-15)10-5-6-21-8-10/h1-6,8,12H,7H2,(H,18,20). The van der Waals surface area contributed by atoms with E-state index in [2.05, 4.69) is 21.1 Å². The molecule has 1 aliphatic heterocycles. The summed E-state index contributed by atoms with van der Waals surface area (Å²) in [5.74, 6) is -0.234. The SMILES string of the molecule is O=C1CC(c2ccsc2)c2snc(-c3ccc(F)cc3)c2N1. The number of nitrogens with zero attached hydrogens (tertiary/aromatic N) is 1. The molecule has 1 aliphatic rings. The molecular formula is C16H11FN2OS2. The second-order valence-electron chi connectivity index (χ2n) is 5.14. The lowest BCUT2D eigenvalue weighted by molar-refractivity contribution is -0.116. The van der Waals surface area contributed by atoms with Crippen LogP contribution in [0.25, 0.3) is 11.3 Å². The number of benzene rings is 1. The minimum Gasteiger partial charge on any atom is -0.323 e. The van der Waals surface area contributed by atoms with Gasteiger partial charge in [-0.2, -0.15) is 15.7 Å². The zero-order valence-electron chi connectivity index (χ0n) is 11.4. The quantitative estimate of drug-likeness (QED) is 0.752. The third-order valence-corrected chi connectivity index (χ3v) is 5.41. The van der Waals surface area contributed by atoms with E-state index < -0.39 is 0 Å². The number of hydrogen-bond acceptors (Lipinski definition) is 4. The van der Waals surface area contributed by atoms with E-state index in [1.807, 2.05) is 5.38 Å². The third-order valence-electron chi connectivity index (χ3n) is 3.75. The van der Waals surface area contributed by atoms with Gasteiger partial charge in [0.15, 0.2) is 0 Å². The maximum atomic E-state index is 13.1. The second kappa shape index (κ2) is 5.30. The van der Waals surface area contributed by atoms with Gasteiger partial charge in [0.1, 0.15) is 11.5 Å². The van der Waals surface area contributed by atoms with Crippen LogP contribution in [0, 0.1) is 5.82 Å². The van der Waals surface area contributed by atoms with Crippen LogP contribution in [0.2, 0.25) is 0 Å². The highest BCUT2D eigenvalue weighted by molar-refractivity contribution is 7.08. The second-order valence-corrected chi connectivity index (χ2v) is 6.72. The van der Waals surface area contributed by atoms with Gasteiger partial charge in [-0.3, -0.25) is 4.79 Å². The Bertz CT molecular complexity index is 824. The number of fused-ring (bicyclic) bond motifs is 1. The molecule has 6 heteroatoms. The van der Waals surface area contributed by atoms with Crippen molar-refractivity contribution in [2.75, 3.05) is 5.32 Å². The van der Waals surface area contributed by atoms with Crippen LogP contribution in [0.4, 0.5) is 10.1 Å². The van der Waals surface area contributed by atoms with E-state index in [1.54, 1.807) is 23.5 Å². The number of halogens is 1. The molecule has 110 valence electrons. The van der Waals surface area contributed by atoms with Crippen molar-refractivity contribution in [1.29, 1.82) is 0 Å². The first-order chi connectivity index (χ1) is 10.7. The Morgan fingerprint density at radius 2 is 2.05 bits per heavy atom. The molecule has 4 rings (SSSR count). The van der Waals surface area contributed by atoms with Gasteiger partial charge in [0.25, 0.3) is 0 Å². The number of nitrogens with one attached hydrogen (secondary N) is 1. The molecule has 2 aromatic heterocycles. The van der Waals surface area contributed by atoms with Crippen molar-refractivity contribution >= 4 is 34.5 Å². The number of aromatic nitrogens is 1. The first-order valence-corrected chi connectivity index (χ1v) is 8.51. The largest absolute Gasteiger partial charge is 0.323 e. The molecule has 0 aliphatic carbocycles. The van der Waals surface area contributed by atoms with Crippen molar-refractivity contribution in [2.45, 2.75) is 12.3 Å². The van der Waals surface area contributed by atoms with E-state index in [4.69, 9.17) is 0 Å². The van der Waals surface area contributed by atoms with Crippen molar-refractivity contribution in [1.82, 2.24) is 4.37 Å². The Kier molecular flexibility index (Phi) is 3.28. The topological polar surface area (TPSA) is 42.0 Å². The molecule has 0 saturated carbocycles. The summed E-state index contributed by atoms with van der Waals surface area (Å²) < 4.78 is 17.6. The smallest absolute Gasteiger partial charge is 0.225 e. The summed E-state index contributed by atoms with van der Waals surface area (Å²) in [6, 6.07) is 8.23. The summed E-state index contributed by atoms with van der Waals surface area (Å²) >= 11 is 3.03. The maximum absolute atomic E-state index is 13.1. The highest BCUT2D eigenvalue weighted by atomic mass is 32.1. The fraction of sp³-hybridized carbons (Fsp3) is 0.125. The number of carbonyl (C=O) groups is 1. The fourth-order valence-corrected chi connectivity index (χ4v) is 4.36. The summed E-state index contributed by atoms with van der Waals surface area (Å²) in [5, 5.41) is 7.02. The van der Waals surface area contributed by atoms with Crippen LogP contribution >= 0.6 is 22.9 Å². The van der Waals surface area contributed by atoms with Gasteiger partial charge in [-0.1, -0.05) is 0 Å². The first kappa shape index (κ1) is 13.6. The van der Waals surface area contributed by atoms with E-state index in [1.165, 1.54) is 23.7 Å².